The van der Waals surface area contributed by atoms with E-state index in [4.69, 9.17) is 0 Å². The molecule has 0 aliphatic rings. The molecule has 0 aliphatic heterocycles. The number of benzene rings is 1. The zero-order chi connectivity index (χ0) is 16.4. The quantitative estimate of drug-likeness (QED) is 0.404. The maximum atomic E-state index is 12.3. The van der Waals surface area contributed by atoms with Gasteiger partial charge in [0, 0.05) is 12.6 Å². The predicted molar refractivity (Wildman–Crippen MR) is 95.7 cm³/mol. The number of rotatable bonds is 5. The summed E-state index contributed by atoms with van der Waals surface area (Å²) in [6, 6.07) is 9.50. The van der Waals surface area contributed by atoms with Crippen LogP contribution in [0.25, 0.3) is 10.2 Å². The molecule has 23 heavy (non-hydrogen) atoms. The molecule has 2 aromatic heterocycles. The largest absolute Gasteiger partial charge is 0.293 e. The van der Waals surface area contributed by atoms with E-state index < -0.39 is 0 Å². The molecular weight excluding hydrogens is 328 g/mol. The lowest BCUT2D eigenvalue weighted by Gasteiger charge is -2.07. The number of hydrogen-bond acceptors (Lipinski definition) is 5. The van der Waals surface area contributed by atoms with Crippen LogP contribution in [0.15, 0.2) is 45.7 Å². The SMILES string of the molecule is CCc1ccc(C(=O)CSc2nc3ccsc3c(=O)n2C)cc1. The summed E-state index contributed by atoms with van der Waals surface area (Å²) in [5.74, 6) is 0.304. The Morgan fingerprint density at radius 3 is 2.70 bits per heavy atom. The van der Waals surface area contributed by atoms with E-state index in [2.05, 4.69) is 11.9 Å². The molecule has 0 N–H and O–H groups in total. The number of aromatic nitrogens is 2. The minimum atomic E-state index is -0.0627. The molecule has 2 heterocycles. The van der Waals surface area contributed by atoms with Crippen LogP contribution in [0.2, 0.25) is 0 Å². The molecule has 0 atom stereocenters. The lowest BCUT2D eigenvalue weighted by atomic mass is 10.1. The van der Waals surface area contributed by atoms with Crippen LogP contribution >= 0.6 is 23.1 Å². The Morgan fingerprint density at radius 2 is 2.00 bits per heavy atom. The number of hydrogen-bond donors (Lipinski definition) is 0. The summed E-state index contributed by atoms with van der Waals surface area (Å²) in [5.41, 5.74) is 2.53. The van der Waals surface area contributed by atoms with Crippen molar-refractivity contribution in [2.24, 2.45) is 7.05 Å². The minimum absolute atomic E-state index is 0.0392. The Morgan fingerprint density at radius 1 is 1.26 bits per heavy atom. The second-order valence-electron chi connectivity index (χ2n) is 5.16. The number of carbonyl (C=O) groups excluding carboxylic acids is 1. The molecule has 1 aromatic carbocycles. The summed E-state index contributed by atoms with van der Waals surface area (Å²) < 4.78 is 2.16. The van der Waals surface area contributed by atoms with E-state index in [1.54, 1.807) is 7.05 Å². The minimum Gasteiger partial charge on any atom is -0.293 e. The average Bonchev–Trinajstić information content (AvgIpc) is 3.05. The van der Waals surface area contributed by atoms with E-state index in [0.717, 1.165) is 6.42 Å². The van der Waals surface area contributed by atoms with Gasteiger partial charge in [0.15, 0.2) is 10.9 Å². The Balaban J connectivity index is 1.78. The van der Waals surface area contributed by atoms with E-state index in [1.165, 1.54) is 33.2 Å². The fourth-order valence-electron chi connectivity index (χ4n) is 2.24. The van der Waals surface area contributed by atoms with Crippen molar-refractivity contribution in [3.63, 3.8) is 0 Å². The maximum Gasteiger partial charge on any atom is 0.271 e. The number of ketones is 1. The van der Waals surface area contributed by atoms with Gasteiger partial charge >= 0.3 is 0 Å². The summed E-state index contributed by atoms with van der Waals surface area (Å²) >= 11 is 2.69. The van der Waals surface area contributed by atoms with Crippen LogP contribution in [-0.2, 0) is 13.5 Å². The lowest BCUT2D eigenvalue weighted by Crippen LogP contribution is -2.19. The number of aryl methyl sites for hydroxylation is 1. The molecule has 0 saturated carbocycles. The highest BCUT2D eigenvalue weighted by atomic mass is 32.2. The third-order valence-corrected chi connectivity index (χ3v) is 5.58. The van der Waals surface area contributed by atoms with Gasteiger partial charge in [0.1, 0.15) is 4.70 Å². The fourth-order valence-corrected chi connectivity index (χ4v) is 3.91. The Hall–Kier alpha value is -1.92. The Labute approximate surface area is 142 Å². The van der Waals surface area contributed by atoms with Crippen molar-refractivity contribution < 1.29 is 4.79 Å². The molecule has 0 saturated heterocycles. The van der Waals surface area contributed by atoms with E-state index in [1.807, 2.05) is 35.7 Å². The van der Waals surface area contributed by atoms with Crippen molar-refractivity contribution in [1.29, 1.82) is 0 Å². The molecule has 4 nitrogen and oxygen atoms in total. The summed E-state index contributed by atoms with van der Waals surface area (Å²) in [6.45, 7) is 2.08. The molecule has 0 radical (unpaired) electrons. The van der Waals surface area contributed by atoms with Gasteiger partial charge in [-0.2, -0.15) is 0 Å². The molecule has 3 rings (SSSR count). The Kier molecular flexibility index (Phi) is 4.63. The van der Waals surface area contributed by atoms with Gasteiger partial charge in [-0.1, -0.05) is 43.0 Å². The second-order valence-corrected chi connectivity index (χ2v) is 7.01. The number of Topliss-reactive ketones (excluding diaryl/α,β-unsaturated/α-hetero) is 1. The monoisotopic (exact) mass is 344 g/mol. The van der Waals surface area contributed by atoms with Gasteiger partial charge in [0.25, 0.3) is 5.56 Å². The van der Waals surface area contributed by atoms with Crippen molar-refractivity contribution >= 4 is 39.1 Å². The van der Waals surface area contributed by atoms with E-state index >= 15 is 0 Å². The van der Waals surface area contributed by atoms with E-state index in [0.29, 0.717) is 20.9 Å². The maximum absolute atomic E-state index is 12.3. The van der Waals surface area contributed by atoms with Crippen LogP contribution in [-0.4, -0.2) is 21.1 Å². The third kappa shape index (κ3) is 3.23. The standard InChI is InChI=1S/C17H16N2O2S2/c1-3-11-4-6-12(7-5-11)14(20)10-23-17-18-13-8-9-22-15(13)16(21)19(17)2/h4-9H,3,10H2,1-2H3. The first-order valence-electron chi connectivity index (χ1n) is 7.29. The zero-order valence-corrected chi connectivity index (χ0v) is 14.5. The van der Waals surface area contributed by atoms with Crippen LogP contribution in [0.1, 0.15) is 22.8 Å². The van der Waals surface area contributed by atoms with Crippen LogP contribution < -0.4 is 5.56 Å². The lowest BCUT2D eigenvalue weighted by molar-refractivity contribution is 0.102. The number of thioether (sulfide) groups is 1. The number of nitrogens with zero attached hydrogens (tertiary/aromatic N) is 2. The van der Waals surface area contributed by atoms with Gasteiger partial charge in [-0.05, 0) is 23.4 Å². The van der Waals surface area contributed by atoms with Crippen molar-refractivity contribution in [3.05, 3.63) is 57.2 Å². The first kappa shape index (κ1) is 16.0. The molecule has 0 amide bonds. The fraction of sp³-hybridized carbons (Fsp3) is 0.235. The van der Waals surface area contributed by atoms with Crippen molar-refractivity contribution in [2.45, 2.75) is 18.5 Å². The van der Waals surface area contributed by atoms with Gasteiger partial charge in [0.05, 0.1) is 11.3 Å². The van der Waals surface area contributed by atoms with Gasteiger partial charge in [-0.3, -0.25) is 14.2 Å². The van der Waals surface area contributed by atoms with Crippen molar-refractivity contribution in [1.82, 2.24) is 9.55 Å². The number of carbonyl (C=O) groups is 1. The molecule has 0 bridgehead atoms. The second kappa shape index (κ2) is 6.68. The molecule has 0 aliphatic carbocycles. The third-order valence-electron chi connectivity index (χ3n) is 3.66. The topological polar surface area (TPSA) is 52.0 Å². The molecule has 6 heteroatoms. The average molecular weight is 344 g/mol. The van der Waals surface area contributed by atoms with E-state index in [-0.39, 0.29) is 17.1 Å². The highest BCUT2D eigenvalue weighted by Gasteiger charge is 2.12. The molecule has 0 spiro atoms. The van der Waals surface area contributed by atoms with Crippen LogP contribution in [0.3, 0.4) is 0 Å². The predicted octanol–water partition coefficient (Wildman–Crippen LogP) is 3.53. The van der Waals surface area contributed by atoms with Gasteiger partial charge in [-0.25, -0.2) is 4.98 Å². The van der Waals surface area contributed by atoms with Gasteiger partial charge < -0.3 is 0 Å². The first-order valence-corrected chi connectivity index (χ1v) is 9.16. The van der Waals surface area contributed by atoms with Gasteiger partial charge in [-0.15, -0.1) is 11.3 Å². The molecule has 0 unspecified atom stereocenters. The van der Waals surface area contributed by atoms with Crippen molar-refractivity contribution in [3.8, 4) is 0 Å². The Bertz CT molecular complexity index is 910. The van der Waals surface area contributed by atoms with Crippen molar-refractivity contribution in [2.75, 3.05) is 5.75 Å². The molecule has 118 valence electrons. The van der Waals surface area contributed by atoms with E-state index in [9.17, 15) is 9.59 Å². The first-order chi connectivity index (χ1) is 11.1. The highest BCUT2D eigenvalue weighted by molar-refractivity contribution is 7.99. The van der Waals surface area contributed by atoms with Crippen LogP contribution in [0.4, 0.5) is 0 Å². The highest BCUT2D eigenvalue weighted by Crippen LogP contribution is 2.21. The van der Waals surface area contributed by atoms with Gasteiger partial charge in [0.2, 0.25) is 0 Å². The number of thiophene rings is 1. The van der Waals surface area contributed by atoms with Crippen LogP contribution in [0.5, 0.6) is 0 Å². The smallest absolute Gasteiger partial charge is 0.271 e. The molecular formula is C17H16N2O2S2. The number of fused-ring (bicyclic) bond motifs is 1. The molecule has 3 aromatic rings. The summed E-state index contributed by atoms with van der Waals surface area (Å²) in [6.07, 6.45) is 0.954. The zero-order valence-electron chi connectivity index (χ0n) is 12.9. The summed E-state index contributed by atoms with van der Waals surface area (Å²) in [5, 5.41) is 2.42. The van der Waals surface area contributed by atoms with Crippen LogP contribution in [0, 0.1) is 0 Å². The summed E-state index contributed by atoms with van der Waals surface area (Å²) in [4.78, 5) is 29.0. The molecule has 0 fully saturated rings. The normalized spacial score (nSPS) is 11.0. The summed E-state index contributed by atoms with van der Waals surface area (Å²) in [7, 11) is 1.69.